The second-order valence-corrected chi connectivity index (χ2v) is 4.66. The van der Waals surface area contributed by atoms with Gasteiger partial charge in [-0.1, -0.05) is 29.3 Å². The molecule has 88 valence electrons. The minimum absolute atomic E-state index is 0.0417. The summed E-state index contributed by atoms with van der Waals surface area (Å²) in [6, 6.07) is 9.01. The van der Waals surface area contributed by atoms with Gasteiger partial charge in [-0.25, -0.2) is 0 Å². The number of nitrogens with zero attached hydrogens (tertiary/aromatic N) is 1. The zero-order valence-corrected chi connectivity index (χ0v) is 10.8. The summed E-state index contributed by atoms with van der Waals surface area (Å²) in [4.78, 5) is 11.4. The lowest BCUT2D eigenvalue weighted by Gasteiger charge is -2.09. The predicted molar refractivity (Wildman–Crippen MR) is 70.0 cm³/mol. The Kier molecular flexibility index (Phi) is 3.55. The molecule has 0 unspecified atom stereocenters. The fourth-order valence-corrected chi connectivity index (χ4v) is 2.17. The highest BCUT2D eigenvalue weighted by Gasteiger charge is 2.08. The molecule has 2 nitrogen and oxygen atoms in total. The molecule has 0 saturated heterocycles. The molecule has 0 bridgehead atoms. The number of ketones is 1. The van der Waals surface area contributed by atoms with Gasteiger partial charge in [0.2, 0.25) is 0 Å². The number of halogens is 2. The van der Waals surface area contributed by atoms with E-state index in [9.17, 15) is 4.79 Å². The van der Waals surface area contributed by atoms with Gasteiger partial charge in [-0.2, -0.15) is 0 Å². The zero-order chi connectivity index (χ0) is 12.4. The van der Waals surface area contributed by atoms with E-state index >= 15 is 0 Å². The Balaban J connectivity index is 2.31. The molecular weight excluding hydrogens is 257 g/mol. The number of hydrogen-bond acceptors (Lipinski definition) is 1. The molecule has 0 N–H and O–H groups in total. The summed E-state index contributed by atoms with van der Waals surface area (Å²) >= 11 is 11.9. The van der Waals surface area contributed by atoms with Crippen molar-refractivity contribution in [1.29, 1.82) is 0 Å². The molecule has 1 aromatic heterocycles. The van der Waals surface area contributed by atoms with E-state index in [-0.39, 0.29) is 5.78 Å². The van der Waals surface area contributed by atoms with E-state index in [0.29, 0.717) is 22.3 Å². The van der Waals surface area contributed by atoms with Gasteiger partial charge in [0.05, 0.1) is 5.69 Å². The highest BCUT2D eigenvalue weighted by atomic mass is 35.5. The normalized spacial score (nSPS) is 10.5. The molecule has 0 radical (unpaired) electrons. The van der Waals surface area contributed by atoms with Crippen LogP contribution in [0.4, 0.5) is 0 Å². The molecule has 1 heterocycles. The maximum absolute atomic E-state index is 11.4. The smallest absolute Gasteiger partial charge is 0.176 e. The van der Waals surface area contributed by atoms with Crippen LogP contribution in [0.1, 0.15) is 23.0 Å². The molecule has 0 saturated carbocycles. The highest BCUT2D eigenvalue weighted by Crippen LogP contribution is 2.22. The standard InChI is InChI=1S/C13H11Cl2NO/c1-9(17)13-3-2-6-16(13)8-10-4-5-11(14)7-12(10)15/h2-7H,8H2,1H3. The lowest BCUT2D eigenvalue weighted by atomic mass is 10.2. The summed E-state index contributed by atoms with van der Waals surface area (Å²) in [6.07, 6.45) is 1.86. The Labute approximate surface area is 110 Å². The van der Waals surface area contributed by atoms with E-state index in [4.69, 9.17) is 23.2 Å². The molecule has 0 atom stereocenters. The summed E-state index contributed by atoms with van der Waals surface area (Å²) < 4.78 is 1.87. The van der Waals surface area contributed by atoms with Crippen LogP contribution in [0, 0.1) is 0 Å². The lowest BCUT2D eigenvalue weighted by Crippen LogP contribution is -2.06. The van der Waals surface area contributed by atoms with Crippen molar-refractivity contribution in [2.75, 3.05) is 0 Å². The average Bonchev–Trinajstić information content (AvgIpc) is 2.70. The molecule has 0 fully saturated rings. The van der Waals surface area contributed by atoms with Gasteiger partial charge in [0.1, 0.15) is 0 Å². The molecule has 0 aliphatic rings. The SMILES string of the molecule is CC(=O)c1cccn1Cc1ccc(Cl)cc1Cl. The highest BCUT2D eigenvalue weighted by molar-refractivity contribution is 6.35. The van der Waals surface area contributed by atoms with Gasteiger partial charge in [-0.3, -0.25) is 4.79 Å². The van der Waals surface area contributed by atoms with Crippen LogP contribution >= 0.6 is 23.2 Å². The summed E-state index contributed by atoms with van der Waals surface area (Å²) in [6.45, 7) is 2.12. The van der Waals surface area contributed by atoms with Crippen LogP contribution in [-0.2, 0) is 6.54 Å². The van der Waals surface area contributed by atoms with Crippen molar-refractivity contribution in [3.8, 4) is 0 Å². The zero-order valence-electron chi connectivity index (χ0n) is 9.28. The van der Waals surface area contributed by atoms with Crippen LogP contribution in [0.5, 0.6) is 0 Å². The summed E-state index contributed by atoms with van der Waals surface area (Å²) in [5.74, 6) is 0.0417. The van der Waals surface area contributed by atoms with Crippen molar-refractivity contribution < 1.29 is 4.79 Å². The van der Waals surface area contributed by atoms with E-state index < -0.39 is 0 Å². The fourth-order valence-electron chi connectivity index (χ4n) is 1.71. The number of benzene rings is 1. The molecule has 0 aliphatic heterocycles. The topological polar surface area (TPSA) is 22.0 Å². The fraction of sp³-hybridized carbons (Fsp3) is 0.154. The van der Waals surface area contributed by atoms with Gasteiger partial charge in [0.15, 0.2) is 5.78 Å². The lowest BCUT2D eigenvalue weighted by molar-refractivity contribution is 0.100. The molecule has 0 spiro atoms. The molecular formula is C13H11Cl2NO. The van der Waals surface area contributed by atoms with E-state index in [2.05, 4.69) is 0 Å². The van der Waals surface area contributed by atoms with Crippen LogP contribution in [0.25, 0.3) is 0 Å². The number of rotatable bonds is 3. The van der Waals surface area contributed by atoms with Crippen LogP contribution in [0.15, 0.2) is 36.5 Å². The monoisotopic (exact) mass is 267 g/mol. The first-order chi connectivity index (χ1) is 8.08. The van der Waals surface area contributed by atoms with Crippen LogP contribution in [0.2, 0.25) is 10.0 Å². The van der Waals surface area contributed by atoms with Crippen molar-refractivity contribution >= 4 is 29.0 Å². The first-order valence-electron chi connectivity index (χ1n) is 5.18. The molecule has 1 aromatic carbocycles. The summed E-state index contributed by atoms with van der Waals surface area (Å²) in [5.41, 5.74) is 1.62. The predicted octanol–water partition coefficient (Wildman–Crippen LogP) is 4.05. The Morgan fingerprint density at radius 1 is 1.29 bits per heavy atom. The molecule has 0 aliphatic carbocycles. The van der Waals surface area contributed by atoms with Crippen LogP contribution in [0.3, 0.4) is 0 Å². The van der Waals surface area contributed by atoms with Crippen molar-refractivity contribution in [3.05, 3.63) is 57.8 Å². The van der Waals surface area contributed by atoms with E-state index in [1.165, 1.54) is 0 Å². The Morgan fingerprint density at radius 2 is 2.06 bits per heavy atom. The van der Waals surface area contributed by atoms with Gasteiger partial charge >= 0.3 is 0 Å². The first kappa shape index (κ1) is 12.2. The van der Waals surface area contributed by atoms with Crippen molar-refractivity contribution in [1.82, 2.24) is 4.57 Å². The van der Waals surface area contributed by atoms with Crippen LogP contribution in [-0.4, -0.2) is 10.4 Å². The first-order valence-corrected chi connectivity index (χ1v) is 5.93. The largest absolute Gasteiger partial charge is 0.341 e. The summed E-state index contributed by atoms with van der Waals surface area (Å²) in [5, 5.41) is 1.22. The van der Waals surface area contributed by atoms with Crippen molar-refractivity contribution in [3.63, 3.8) is 0 Å². The number of carbonyl (C=O) groups is 1. The van der Waals surface area contributed by atoms with Gasteiger partial charge in [-0.05, 0) is 29.8 Å². The third-order valence-electron chi connectivity index (χ3n) is 2.55. The van der Waals surface area contributed by atoms with Gasteiger partial charge in [0, 0.05) is 29.7 Å². The van der Waals surface area contributed by atoms with Crippen molar-refractivity contribution in [2.45, 2.75) is 13.5 Å². The van der Waals surface area contributed by atoms with Crippen LogP contribution < -0.4 is 0 Å². The maximum atomic E-state index is 11.4. The second-order valence-electron chi connectivity index (χ2n) is 3.81. The molecule has 4 heteroatoms. The molecule has 2 aromatic rings. The summed E-state index contributed by atoms with van der Waals surface area (Å²) in [7, 11) is 0. The van der Waals surface area contributed by atoms with Gasteiger partial charge in [-0.15, -0.1) is 0 Å². The molecule has 17 heavy (non-hydrogen) atoms. The number of hydrogen-bond donors (Lipinski definition) is 0. The van der Waals surface area contributed by atoms with Gasteiger partial charge in [0.25, 0.3) is 0 Å². The quantitative estimate of drug-likeness (QED) is 0.770. The third-order valence-corrected chi connectivity index (χ3v) is 3.13. The van der Waals surface area contributed by atoms with E-state index in [1.54, 1.807) is 25.1 Å². The minimum Gasteiger partial charge on any atom is -0.341 e. The maximum Gasteiger partial charge on any atom is 0.176 e. The Bertz CT molecular complexity index is 560. The number of carbonyl (C=O) groups excluding carboxylic acids is 1. The minimum atomic E-state index is 0.0417. The Hall–Kier alpha value is -1.25. The number of aromatic nitrogens is 1. The van der Waals surface area contributed by atoms with Gasteiger partial charge < -0.3 is 4.57 Å². The average molecular weight is 268 g/mol. The second kappa shape index (κ2) is 4.94. The Morgan fingerprint density at radius 3 is 2.71 bits per heavy atom. The van der Waals surface area contributed by atoms with Crippen molar-refractivity contribution in [2.24, 2.45) is 0 Å². The third kappa shape index (κ3) is 2.71. The van der Waals surface area contributed by atoms with E-state index in [1.807, 2.05) is 22.9 Å². The van der Waals surface area contributed by atoms with E-state index in [0.717, 1.165) is 5.56 Å². The molecule has 2 rings (SSSR count). The number of Topliss-reactive ketones (excluding diaryl/α,β-unsaturated/α-hetero) is 1. The molecule has 0 amide bonds.